The van der Waals surface area contributed by atoms with E-state index < -0.39 is 20.0 Å². The number of ether oxygens (including phenoxy) is 3. The van der Waals surface area contributed by atoms with E-state index in [1.165, 1.54) is 31.4 Å². The summed E-state index contributed by atoms with van der Waals surface area (Å²) in [5.41, 5.74) is 4.09. The van der Waals surface area contributed by atoms with E-state index in [0.29, 0.717) is 35.6 Å². The molecule has 0 aliphatic carbocycles. The number of rotatable bonds is 5. The summed E-state index contributed by atoms with van der Waals surface area (Å²) in [7, 11) is -6.40. The smallest absolute Gasteiger partial charge is 0.339 e. The number of hydrogen-bond acceptors (Lipinski definition) is 9. The summed E-state index contributed by atoms with van der Waals surface area (Å²) in [4.78, 5) is 4.35. The lowest BCUT2D eigenvalue weighted by atomic mass is 9.94. The second-order valence-corrected chi connectivity index (χ2v) is 12.4. The Bertz CT molecular complexity index is 1690. The molecule has 0 amide bonds. The van der Waals surface area contributed by atoms with Gasteiger partial charge in [0.15, 0.2) is 32.8 Å². The first-order valence-electron chi connectivity index (χ1n) is 11.6. The maximum atomic E-state index is 13.2. The van der Waals surface area contributed by atoms with E-state index in [4.69, 9.17) is 18.4 Å². The summed E-state index contributed by atoms with van der Waals surface area (Å²) in [6, 6.07) is 12.2. The molecule has 3 aromatic carbocycles. The fraction of sp³-hybridized carbons (Fsp3) is 0.222. The van der Waals surface area contributed by atoms with Crippen molar-refractivity contribution in [3.8, 4) is 23.0 Å². The number of sulfone groups is 1. The molecule has 0 saturated heterocycles. The molecule has 9 nitrogen and oxygen atoms in total. The molecule has 0 N–H and O–H groups in total. The molecule has 0 fully saturated rings. The number of hydrogen-bond donors (Lipinski definition) is 0. The molecule has 198 valence electrons. The summed E-state index contributed by atoms with van der Waals surface area (Å²) in [6.45, 7) is 2.58. The van der Waals surface area contributed by atoms with Crippen molar-refractivity contribution in [3.63, 3.8) is 0 Å². The molecule has 2 heterocycles. The summed E-state index contributed by atoms with van der Waals surface area (Å²) in [6.07, 6.45) is 5.19. The van der Waals surface area contributed by atoms with Gasteiger partial charge in [-0.05, 0) is 78.1 Å². The average Bonchev–Trinajstić information content (AvgIpc) is 3.34. The van der Waals surface area contributed by atoms with Crippen molar-refractivity contribution in [1.29, 1.82) is 0 Å². The first kappa shape index (κ1) is 25.8. The van der Waals surface area contributed by atoms with Gasteiger partial charge in [0.2, 0.25) is 6.79 Å². The number of fused-ring (bicyclic) bond motifs is 3. The fourth-order valence-corrected chi connectivity index (χ4v) is 5.91. The zero-order valence-corrected chi connectivity index (χ0v) is 22.6. The number of nitrogens with zero attached hydrogens (tertiary/aromatic N) is 1. The number of methoxy groups -OCH3 is 1. The van der Waals surface area contributed by atoms with Crippen molar-refractivity contribution < 1.29 is 35.2 Å². The molecule has 0 aromatic heterocycles. The molecule has 0 unspecified atom stereocenters. The highest BCUT2D eigenvalue weighted by atomic mass is 32.2. The Morgan fingerprint density at radius 1 is 0.921 bits per heavy atom. The van der Waals surface area contributed by atoms with Crippen LogP contribution in [0.5, 0.6) is 23.0 Å². The van der Waals surface area contributed by atoms with Crippen LogP contribution in [0.2, 0.25) is 0 Å². The van der Waals surface area contributed by atoms with Crippen molar-refractivity contribution in [2.75, 3.05) is 26.7 Å². The van der Waals surface area contributed by atoms with Crippen LogP contribution in [0.15, 0.2) is 63.3 Å². The highest BCUT2D eigenvalue weighted by Crippen LogP contribution is 2.40. The van der Waals surface area contributed by atoms with E-state index >= 15 is 0 Å². The van der Waals surface area contributed by atoms with Crippen LogP contribution >= 0.6 is 0 Å². The van der Waals surface area contributed by atoms with Crippen LogP contribution in [-0.2, 0) is 26.4 Å². The van der Waals surface area contributed by atoms with Crippen molar-refractivity contribution in [2.45, 2.75) is 23.1 Å². The Labute approximate surface area is 221 Å². The van der Waals surface area contributed by atoms with Gasteiger partial charge >= 0.3 is 10.1 Å². The molecular weight excluding hydrogens is 530 g/mol. The predicted octanol–water partition coefficient (Wildman–Crippen LogP) is 4.13. The van der Waals surface area contributed by atoms with Crippen LogP contribution in [-0.4, -0.2) is 49.8 Å². The third-order valence-corrected chi connectivity index (χ3v) is 8.64. The van der Waals surface area contributed by atoms with Crippen LogP contribution in [0.4, 0.5) is 0 Å². The molecule has 5 rings (SSSR count). The molecule has 3 aromatic rings. The van der Waals surface area contributed by atoms with Gasteiger partial charge in [-0.1, -0.05) is 12.1 Å². The van der Waals surface area contributed by atoms with Gasteiger partial charge in [-0.3, -0.25) is 4.99 Å². The van der Waals surface area contributed by atoms with Gasteiger partial charge in [0, 0.05) is 24.6 Å². The molecule has 0 saturated carbocycles. The molecule has 0 atom stereocenters. The highest BCUT2D eigenvalue weighted by molar-refractivity contribution is 7.90. The second-order valence-electron chi connectivity index (χ2n) is 8.86. The van der Waals surface area contributed by atoms with Crippen LogP contribution in [0.3, 0.4) is 0 Å². The maximum absolute atomic E-state index is 13.2. The number of allylic oxidation sites excluding steroid dienone is 1. The van der Waals surface area contributed by atoms with Gasteiger partial charge in [0.1, 0.15) is 4.90 Å². The minimum absolute atomic E-state index is 0.00167. The maximum Gasteiger partial charge on any atom is 0.339 e. The van der Waals surface area contributed by atoms with Crippen molar-refractivity contribution in [1.82, 2.24) is 0 Å². The number of benzene rings is 3. The molecule has 2 aliphatic rings. The Hall–Kier alpha value is -3.83. The molecule has 0 radical (unpaired) electrons. The van der Waals surface area contributed by atoms with Crippen LogP contribution in [0.25, 0.3) is 11.6 Å². The summed E-state index contributed by atoms with van der Waals surface area (Å²) in [5.74, 6) is 1.56. The summed E-state index contributed by atoms with van der Waals surface area (Å²) in [5, 5.41) is 0. The first-order chi connectivity index (χ1) is 18.1. The minimum Gasteiger partial charge on any atom is -0.493 e. The van der Waals surface area contributed by atoms with E-state index in [2.05, 4.69) is 4.99 Å². The lowest BCUT2D eigenvalue weighted by Crippen LogP contribution is -2.13. The minimum atomic E-state index is -4.34. The van der Waals surface area contributed by atoms with E-state index in [0.717, 1.165) is 23.0 Å². The van der Waals surface area contributed by atoms with E-state index in [1.807, 2.05) is 25.1 Å². The van der Waals surface area contributed by atoms with Crippen LogP contribution < -0.4 is 18.4 Å². The molecule has 11 heteroatoms. The molecule has 0 bridgehead atoms. The normalized spacial score (nSPS) is 17.0. The Morgan fingerprint density at radius 2 is 1.61 bits per heavy atom. The van der Waals surface area contributed by atoms with Crippen LogP contribution in [0, 0.1) is 0 Å². The summed E-state index contributed by atoms with van der Waals surface area (Å²) < 4.78 is 72.1. The third-order valence-electron chi connectivity index (χ3n) is 6.27. The van der Waals surface area contributed by atoms with Crippen molar-refractivity contribution in [3.05, 3.63) is 70.8 Å². The second kappa shape index (κ2) is 9.80. The fourth-order valence-electron chi connectivity index (χ4n) is 4.32. The topological polar surface area (TPSA) is 118 Å². The average molecular weight is 556 g/mol. The zero-order chi connectivity index (χ0) is 27.1. The first-order valence-corrected chi connectivity index (χ1v) is 14.9. The monoisotopic (exact) mass is 555 g/mol. The van der Waals surface area contributed by atoms with E-state index in [9.17, 15) is 16.8 Å². The van der Waals surface area contributed by atoms with E-state index in [-0.39, 0.29) is 28.1 Å². The lowest BCUT2D eigenvalue weighted by molar-refractivity contribution is 0.174. The third kappa shape index (κ3) is 4.99. The quantitative estimate of drug-likeness (QED) is 0.432. The van der Waals surface area contributed by atoms with Crippen molar-refractivity contribution in [2.24, 2.45) is 4.99 Å². The van der Waals surface area contributed by atoms with Crippen molar-refractivity contribution >= 4 is 37.8 Å². The largest absolute Gasteiger partial charge is 0.493 e. The van der Waals surface area contributed by atoms with Gasteiger partial charge in [0.05, 0.1) is 12.0 Å². The Balaban J connectivity index is 1.59. The predicted molar refractivity (Wildman–Crippen MR) is 143 cm³/mol. The SMILES string of the molecule is COc1ccc2c(c1OS(=O)(=O)c1ccc(S(C)(=O)=O)cc1)/C=N/CCc1cc3c(cc1/C(C)=C/2)OCO3. The Morgan fingerprint density at radius 3 is 2.29 bits per heavy atom. The molecular formula is C27H25NO8S2. The molecule has 2 aliphatic heterocycles. The van der Waals surface area contributed by atoms with Crippen LogP contribution in [0.1, 0.15) is 29.2 Å². The van der Waals surface area contributed by atoms with Gasteiger partial charge in [0.25, 0.3) is 0 Å². The highest BCUT2D eigenvalue weighted by Gasteiger charge is 2.25. The zero-order valence-electron chi connectivity index (χ0n) is 20.9. The van der Waals surface area contributed by atoms with Gasteiger partial charge in [-0.15, -0.1) is 0 Å². The van der Waals surface area contributed by atoms with E-state index in [1.54, 1.807) is 18.3 Å². The molecule has 0 spiro atoms. The molecule has 38 heavy (non-hydrogen) atoms. The summed E-state index contributed by atoms with van der Waals surface area (Å²) >= 11 is 0. The Kier molecular flexibility index (Phi) is 6.66. The van der Waals surface area contributed by atoms with Gasteiger partial charge in [-0.2, -0.15) is 8.42 Å². The van der Waals surface area contributed by atoms with Gasteiger partial charge in [-0.25, -0.2) is 8.42 Å². The standard InChI is InChI=1S/C27H25NO8S2/c1-17-12-18-4-9-24(33-2)27(36-38(31,32)21-7-5-20(6-8-21)37(3,29)30)23(18)15-28-11-10-19-13-25-26(14-22(17)19)35-16-34-25/h4-9,12-15H,10-11,16H2,1-3H3/b17-12+,28-15+. The number of aliphatic imine (C=N–C) groups is 1. The van der Waals surface area contributed by atoms with Gasteiger partial charge < -0.3 is 18.4 Å². The lowest BCUT2D eigenvalue weighted by Gasteiger charge is -2.17.